The molecule has 1 amide bonds. The van der Waals surface area contributed by atoms with Gasteiger partial charge < -0.3 is 16.2 Å². The zero-order valence-electron chi connectivity index (χ0n) is 11.2. The molecule has 0 saturated heterocycles. The van der Waals surface area contributed by atoms with Crippen LogP contribution < -0.4 is 11.1 Å². The highest BCUT2D eigenvalue weighted by Gasteiger charge is 2.33. The van der Waals surface area contributed by atoms with E-state index in [1.807, 2.05) is 13.8 Å². The largest absolute Gasteiger partial charge is 0.480 e. The predicted molar refractivity (Wildman–Crippen MR) is 69.0 cm³/mol. The van der Waals surface area contributed by atoms with Crippen LogP contribution in [0, 0.1) is 5.92 Å². The second-order valence-corrected chi connectivity index (χ2v) is 5.52. The molecule has 0 aliphatic heterocycles. The maximum absolute atomic E-state index is 11.9. The maximum Gasteiger partial charge on any atom is 0.326 e. The van der Waals surface area contributed by atoms with E-state index in [9.17, 15) is 9.59 Å². The van der Waals surface area contributed by atoms with E-state index in [1.54, 1.807) is 0 Å². The lowest BCUT2D eigenvalue weighted by Gasteiger charge is -2.25. The quantitative estimate of drug-likeness (QED) is 0.667. The molecule has 5 heteroatoms. The highest BCUT2D eigenvalue weighted by Crippen LogP contribution is 2.29. The molecule has 0 aromatic rings. The highest BCUT2D eigenvalue weighted by atomic mass is 16.4. The topological polar surface area (TPSA) is 92.4 Å². The lowest BCUT2D eigenvalue weighted by Crippen LogP contribution is -2.49. The third-order valence-electron chi connectivity index (χ3n) is 3.91. The van der Waals surface area contributed by atoms with Crippen molar-refractivity contribution < 1.29 is 14.7 Å². The molecule has 5 nitrogen and oxygen atoms in total. The third kappa shape index (κ3) is 3.98. The summed E-state index contributed by atoms with van der Waals surface area (Å²) in [6.07, 6.45) is 4.75. The van der Waals surface area contributed by atoms with Crippen LogP contribution in [-0.4, -0.2) is 28.6 Å². The van der Waals surface area contributed by atoms with Crippen molar-refractivity contribution in [2.75, 3.05) is 0 Å². The van der Waals surface area contributed by atoms with Crippen molar-refractivity contribution in [1.29, 1.82) is 0 Å². The van der Waals surface area contributed by atoms with Gasteiger partial charge in [0, 0.05) is 12.0 Å². The molecule has 104 valence electrons. The number of amides is 1. The van der Waals surface area contributed by atoms with E-state index >= 15 is 0 Å². The van der Waals surface area contributed by atoms with Gasteiger partial charge in [0.1, 0.15) is 6.04 Å². The zero-order chi connectivity index (χ0) is 13.8. The molecule has 0 heterocycles. The van der Waals surface area contributed by atoms with Crippen molar-refractivity contribution in [2.24, 2.45) is 11.7 Å². The van der Waals surface area contributed by atoms with E-state index in [0.29, 0.717) is 6.42 Å². The fraction of sp³-hybridized carbons (Fsp3) is 0.846. The van der Waals surface area contributed by atoms with Gasteiger partial charge in [-0.15, -0.1) is 0 Å². The molecule has 1 saturated carbocycles. The average Bonchev–Trinajstić information content (AvgIpc) is 2.71. The number of carboxylic acid groups (broad SMARTS) is 1. The molecule has 0 spiro atoms. The van der Waals surface area contributed by atoms with Crippen LogP contribution in [0.2, 0.25) is 0 Å². The molecular weight excluding hydrogens is 232 g/mol. The van der Waals surface area contributed by atoms with Crippen molar-refractivity contribution in [3.8, 4) is 0 Å². The number of nitrogens with two attached hydrogens (primary N) is 1. The minimum atomic E-state index is -0.977. The Morgan fingerprint density at radius 1 is 1.39 bits per heavy atom. The summed E-state index contributed by atoms with van der Waals surface area (Å²) in [6, 6.07) is -0.812. The van der Waals surface area contributed by atoms with E-state index in [-0.39, 0.29) is 18.2 Å². The van der Waals surface area contributed by atoms with Crippen molar-refractivity contribution in [2.45, 2.75) is 64.0 Å². The Labute approximate surface area is 108 Å². The summed E-state index contributed by atoms with van der Waals surface area (Å²) >= 11 is 0. The minimum Gasteiger partial charge on any atom is -0.480 e. The molecule has 1 rings (SSSR count). The van der Waals surface area contributed by atoms with Gasteiger partial charge in [0.2, 0.25) is 5.91 Å². The standard InChI is InChI=1S/C13H24N2O3/c1-3-9(2)11(12(17)18)15-10(16)8-13(14)6-4-5-7-13/h9,11H,3-8,14H2,1-2H3,(H,15,16)(H,17,18). The molecule has 0 radical (unpaired) electrons. The number of carboxylic acids is 1. The van der Waals surface area contributed by atoms with Gasteiger partial charge in [-0.05, 0) is 18.8 Å². The molecule has 1 aliphatic carbocycles. The first kappa shape index (κ1) is 15.0. The van der Waals surface area contributed by atoms with E-state index in [1.165, 1.54) is 0 Å². The molecule has 1 fully saturated rings. The smallest absolute Gasteiger partial charge is 0.326 e. The van der Waals surface area contributed by atoms with Crippen LogP contribution in [0.15, 0.2) is 0 Å². The number of nitrogens with one attached hydrogen (secondary N) is 1. The Hall–Kier alpha value is -1.10. The first-order valence-electron chi connectivity index (χ1n) is 6.69. The van der Waals surface area contributed by atoms with Crippen LogP contribution in [-0.2, 0) is 9.59 Å². The molecular formula is C13H24N2O3. The van der Waals surface area contributed by atoms with Crippen molar-refractivity contribution in [1.82, 2.24) is 5.32 Å². The summed E-state index contributed by atoms with van der Waals surface area (Å²) < 4.78 is 0. The maximum atomic E-state index is 11.9. The summed E-state index contributed by atoms with van der Waals surface area (Å²) in [6.45, 7) is 3.74. The summed E-state index contributed by atoms with van der Waals surface area (Å²) in [5, 5.41) is 11.7. The third-order valence-corrected chi connectivity index (χ3v) is 3.91. The minimum absolute atomic E-state index is 0.0799. The van der Waals surface area contributed by atoms with Gasteiger partial charge >= 0.3 is 5.97 Å². The normalized spacial score (nSPS) is 21.3. The Kier molecular flexibility index (Phi) is 5.14. The molecule has 0 aromatic carbocycles. The number of aliphatic carboxylic acids is 1. The van der Waals surface area contributed by atoms with Gasteiger partial charge in [-0.1, -0.05) is 33.1 Å². The summed E-state index contributed by atoms with van der Waals surface area (Å²) in [4.78, 5) is 23.0. The molecule has 18 heavy (non-hydrogen) atoms. The van der Waals surface area contributed by atoms with Gasteiger partial charge in [-0.25, -0.2) is 4.79 Å². The van der Waals surface area contributed by atoms with E-state index in [4.69, 9.17) is 10.8 Å². The van der Waals surface area contributed by atoms with Gasteiger partial charge in [0.25, 0.3) is 0 Å². The lowest BCUT2D eigenvalue weighted by molar-refractivity contribution is -0.143. The molecule has 0 bridgehead atoms. The van der Waals surface area contributed by atoms with Crippen LogP contribution in [0.4, 0.5) is 0 Å². The van der Waals surface area contributed by atoms with Crippen LogP contribution >= 0.6 is 0 Å². The van der Waals surface area contributed by atoms with E-state index in [2.05, 4.69) is 5.32 Å². The molecule has 2 atom stereocenters. The number of hydrogen-bond acceptors (Lipinski definition) is 3. The van der Waals surface area contributed by atoms with Crippen molar-refractivity contribution in [3.63, 3.8) is 0 Å². The zero-order valence-corrected chi connectivity index (χ0v) is 11.2. The van der Waals surface area contributed by atoms with Gasteiger partial charge in [-0.3, -0.25) is 4.79 Å². The van der Waals surface area contributed by atoms with E-state index in [0.717, 1.165) is 25.7 Å². The van der Waals surface area contributed by atoms with Crippen LogP contribution in [0.1, 0.15) is 52.4 Å². The summed E-state index contributed by atoms with van der Waals surface area (Å²) in [5.41, 5.74) is 5.68. The van der Waals surface area contributed by atoms with Gasteiger partial charge in [-0.2, -0.15) is 0 Å². The van der Waals surface area contributed by atoms with E-state index < -0.39 is 17.6 Å². The fourth-order valence-corrected chi connectivity index (χ4v) is 2.48. The number of rotatable bonds is 6. The fourth-order valence-electron chi connectivity index (χ4n) is 2.48. The van der Waals surface area contributed by atoms with Crippen LogP contribution in [0.3, 0.4) is 0 Å². The Balaban J connectivity index is 2.53. The van der Waals surface area contributed by atoms with Gasteiger partial charge in [0.15, 0.2) is 0 Å². The first-order valence-corrected chi connectivity index (χ1v) is 6.69. The van der Waals surface area contributed by atoms with Crippen LogP contribution in [0.25, 0.3) is 0 Å². The number of hydrogen-bond donors (Lipinski definition) is 3. The van der Waals surface area contributed by atoms with Crippen molar-refractivity contribution >= 4 is 11.9 Å². The summed E-state index contributed by atoms with van der Waals surface area (Å²) in [5.74, 6) is -1.30. The summed E-state index contributed by atoms with van der Waals surface area (Å²) in [7, 11) is 0. The molecule has 4 N–H and O–H groups in total. The Bertz CT molecular complexity index is 311. The molecule has 2 unspecified atom stereocenters. The molecule has 1 aliphatic rings. The second-order valence-electron chi connectivity index (χ2n) is 5.52. The average molecular weight is 256 g/mol. The second kappa shape index (κ2) is 6.18. The van der Waals surface area contributed by atoms with Crippen molar-refractivity contribution in [3.05, 3.63) is 0 Å². The molecule has 0 aromatic heterocycles. The van der Waals surface area contributed by atoms with Crippen LogP contribution in [0.5, 0.6) is 0 Å². The SMILES string of the molecule is CCC(C)C(NC(=O)CC1(N)CCCC1)C(=O)O. The Morgan fingerprint density at radius 2 is 1.94 bits per heavy atom. The number of carbonyl (C=O) groups is 2. The highest BCUT2D eigenvalue weighted by molar-refractivity contribution is 5.84. The van der Waals surface area contributed by atoms with Gasteiger partial charge in [0.05, 0.1) is 0 Å². The lowest BCUT2D eigenvalue weighted by atomic mass is 9.93. The predicted octanol–water partition coefficient (Wildman–Crippen LogP) is 1.26. The Morgan fingerprint density at radius 3 is 2.39 bits per heavy atom. The number of carbonyl (C=O) groups excluding carboxylic acids is 1. The first-order chi connectivity index (χ1) is 8.38. The monoisotopic (exact) mass is 256 g/mol.